The summed E-state index contributed by atoms with van der Waals surface area (Å²) in [5.74, 6) is -4.40. The number of hydrogen-bond donors (Lipinski definition) is 6. The van der Waals surface area contributed by atoms with Gasteiger partial charge in [-0.2, -0.15) is 13.8 Å². The highest BCUT2D eigenvalue weighted by Crippen LogP contribution is 2.60. The molecule has 150 valence electrons. The van der Waals surface area contributed by atoms with Crippen molar-refractivity contribution in [1.82, 2.24) is 19.5 Å². The standard InChI is InChI=1S/C14H14F2N5O6P/c15-14(16,28(25,26)27)13(23,24)8-4-2-1-3-7(8)5-21-6-18-9-10(21)19-12(17)20-11(9)22/h1-4,6,23-24H,5H2,(H2,25,26,27)(H3,17,19,20,22). The van der Waals surface area contributed by atoms with Crippen molar-refractivity contribution in [2.24, 2.45) is 0 Å². The first kappa shape index (κ1) is 20.0. The lowest BCUT2D eigenvalue weighted by Crippen LogP contribution is -2.45. The third kappa shape index (κ3) is 3.08. The van der Waals surface area contributed by atoms with Gasteiger partial charge in [-0.15, -0.1) is 0 Å². The van der Waals surface area contributed by atoms with E-state index in [4.69, 9.17) is 15.5 Å². The first-order chi connectivity index (χ1) is 12.9. The number of nitrogens with zero attached hydrogens (tertiary/aromatic N) is 3. The van der Waals surface area contributed by atoms with Crippen LogP contribution in [0.2, 0.25) is 0 Å². The topological polar surface area (TPSA) is 188 Å². The number of alkyl halides is 2. The van der Waals surface area contributed by atoms with Crippen LogP contribution in [0, 0.1) is 0 Å². The van der Waals surface area contributed by atoms with Crippen LogP contribution in [0.25, 0.3) is 11.2 Å². The highest BCUT2D eigenvalue weighted by Gasteiger charge is 2.65. The molecule has 3 rings (SSSR count). The number of benzene rings is 1. The number of nitrogens with one attached hydrogen (secondary N) is 1. The molecule has 0 amide bonds. The summed E-state index contributed by atoms with van der Waals surface area (Å²) < 4.78 is 40.4. The number of aromatic nitrogens is 4. The summed E-state index contributed by atoms with van der Waals surface area (Å²) >= 11 is 0. The molecule has 2 aromatic heterocycles. The Morgan fingerprint density at radius 1 is 1.25 bits per heavy atom. The molecule has 14 heteroatoms. The molecule has 0 atom stereocenters. The minimum absolute atomic E-state index is 0.000666. The third-order valence-electron chi connectivity index (χ3n) is 4.01. The fourth-order valence-electron chi connectivity index (χ4n) is 2.63. The summed E-state index contributed by atoms with van der Waals surface area (Å²) in [6.07, 6.45) is 1.15. The van der Waals surface area contributed by atoms with Crippen LogP contribution in [0.1, 0.15) is 11.1 Å². The van der Waals surface area contributed by atoms with Crippen molar-refractivity contribution >= 4 is 24.7 Å². The van der Waals surface area contributed by atoms with Crippen LogP contribution >= 0.6 is 7.60 Å². The molecule has 0 fully saturated rings. The second-order valence-electron chi connectivity index (χ2n) is 5.91. The lowest BCUT2D eigenvalue weighted by atomic mass is 9.99. The van der Waals surface area contributed by atoms with Crippen LogP contribution in [0.15, 0.2) is 35.4 Å². The van der Waals surface area contributed by atoms with Crippen LogP contribution in [0.3, 0.4) is 0 Å². The zero-order chi connectivity index (χ0) is 20.9. The van der Waals surface area contributed by atoms with Crippen LogP contribution in [0.5, 0.6) is 0 Å². The number of anilines is 1. The molecule has 0 bridgehead atoms. The Balaban J connectivity index is 2.12. The summed E-state index contributed by atoms with van der Waals surface area (Å²) in [7, 11) is -6.23. The van der Waals surface area contributed by atoms with Gasteiger partial charge in [-0.05, 0) is 5.56 Å². The van der Waals surface area contributed by atoms with E-state index in [0.29, 0.717) is 0 Å². The Morgan fingerprint density at radius 3 is 2.54 bits per heavy atom. The number of fused-ring (bicyclic) bond motifs is 1. The minimum Gasteiger partial charge on any atom is -0.369 e. The third-order valence-corrected chi connectivity index (χ3v) is 5.06. The van der Waals surface area contributed by atoms with Gasteiger partial charge in [-0.3, -0.25) is 14.3 Å². The molecule has 28 heavy (non-hydrogen) atoms. The van der Waals surface area contributed by atoms with Gasteiger partial charge < -0.3 is 30.3 Å². The van der Waals surface area contributed by atoms with Gasteiger partial charge in [0.1, 0.15) is 0 Å². The van der Waals surface area contributed by atoms with E-state index in [0.717, 1.165) is 12.4 Å². The van der Waals surface area contributed by atoms with Crippen LogP contribution in [0.4, 0.5) is 14.7 Å². The number of aliphatic hydroxyl groups is 2. The first-order valence-electron chi connectivity index (χ1n) is 7.53. The van der Waals surface area contributed by atoms with Crippen molar-refractivity contribution in [2.75, 3.05) is 5.73 Å². The van der Waals surface area contributed by atoms with Gasteiger partial charge in [-0.1, -0.05) is 24.3 Å². The summed E-state index contributed by atoms with van der Waals surface area (Å²) in [5.41, 5.74) is -1.42. The van der Waals surface area contributed by atoms with E-state index in [1.165, 1.54) is 22.8 Å². The molecule has 3 aromatic rings. The van der Waals surface area contributed by atoms with E-state index < -0.39 is 30.2 Å². The molecule has 0 radical (unpaired) electrons. The zero-order valence-electron chi connectivity index (χ0n) is 13.8. The van der Waals surface area contributed by atoms with Gasteiger partial charge in [0.15, 0.2) is 11.2 Å². The number of H-pyrrole nitrogens is 1. The van der Waals surface area contributed by atoms with E-state index in [-0.39, 0.29) is 29.2 Å². The fourth-order valence-corrected chi connectivity index (χ4v) is 3.16. The molecular weight excluding hydrogens is 403 g/mol. The van der Waals surface area contributed by atoms with Crippen LogP contribution < -0.4 is 11.3 Å². The van der Waals surface area contributed by atoms with Gasteiger partial charge in [0, 0.05) is 5.56 Å². The molecule has 0 saturated carbocycles. The second kappa shape index (κ2) is 6.43. The van der Waals surface area contributed by atoms with Crippen molar-refractivity contribution < 1.29 is 33.3 Å². The average Bonchev–Trinajstić information content (AvgIpc) is 2.97. The molecule has 0 saturated heterocycles. The summed E-state index contributed by atoms with van der Waals surface area (Å²) in [5, 5.41) is 19.9. The number of imidazole rings is 1. The number of aromatic amines is 1. The first-order valence-corrected chi connectivity index (χ1v) is 9.14. The highest BCUT2D eigenvalue weighted by molar-refractivity contribution is 7.53. The number of nitrogens with two attached hydrogens (primary N) is 1. The molecule has 2 heterocycles. The Labute approximate surface area is 154 Å². The summed E-state index contributed by atoms with van der Waals surface area (Å²) in [6, 6.07) is 4.68. The van der Waals surface area contributed by atoms with Gasteiger partial charge in [0.2, 0.25) is 5.95 Å². The number of nitrogen functional groups attached to an aromatic ring is 1. The van der Waals surface area contributed by atoms with E-state index in [1.807, 2.05) is 0 Å². The lowest BCUT2D eigenvalue weighted by molar-refractivity contribution is -0.275. The maximum absolute atomic E-state index is 14.1. The SMILES string of the molecule is Nc1nc2c(ncn2Cc2ccccc2C(O)(O)C(F)(F)P(=O)(O)O)c(=O)[nH]1. The smallest absolute Gasteiger partial charge is 0.369 e. The van der Waals surface area contributed by atoms with E-state index >= 15 is 0 Å². The Kier molecular flexibility index (Phi) is 4.60. The predicted molar refractivity (Wildman–Crippen MR) is 91.2 cm³/mol. The molecule has 0 aliphatic carbocycles. The molecule has 11 nitrogen and oxygen atoms in total. The van der Waals surface area contributed by atoms with Gasteiger partial charge in [-0.25, -0.2) is 4.98 Å². The number of hydrogen-bond acceptors (Lipinski definition) is 7. The fraction of sp³-hybridized carbons (Fsp3) is 0.214. The normalized spacial score (nSPS) is 13.2. The van der Waals surface area contributed by atoms with E-state index in [9.17, 15) is 28.4 Å². The monoisotopic (exact) mass is 417 g/mol. The molecule has 1 aromatic carbocycles. The van der Waals surface area contributed by atoms with Gasteiger partial charge in [0.25, 0.3) is 11.3 Å². The minimum atomic E-state index is -6.23. The largest absolute Gasteiger partial charge is 0.402 e. The maximum Gasteiger partial charge on any atom is 0.402 e. The van der Waals surface area contributed by atoms with Crippen LogP contribution in [-0.4, -0.2) is 45.2 Å². The molecule has 7 N–H and O–H groups in total. The van der Waals surface area contributed by atoms with Crippen molar-refractivity contribution in [3.63, 3.8) is 0 Å². The Morgan fingerprint density at radius 2 is 1.89 bits per heavy atom. The van der Waals surface area contributed by atoms with Gasteiger partial charge >= 0.3 is 13.3 Å². The molecular formula is C14H14F2N5O6P. The molecule has 0 unspecified atom stereocenters. The van der Waals surface area contributed by atoms with Crippen LogP contribution in [-0.2, 0) is 16.9 Å². The highest BCUT2D eigenvalue weighted by atomic mass is 31.2. The van der Waals surface area contributed by atoms with Crippen molar-refractivity contribution in [1.29, 1.82) is 0 Å². The number of rotatable bonds is 5. The average molecular weight is 417 g/mol. The van der Waals surface area contributed by atoms with E-state index in [1.54, 1.807) is 0 Å². The molecule has 0 aliphatic rings. The quantitative estimate of drug-likeness (QED) is 0.238. The van der Waals surface area contributed by atoms with Crippen molar-refractivity contribution in [3.05, 3.63) is 52.1 Å². The molecule has 0 spiro atoms. The zero-order valence-corrected chi connectivity index (χ0v) is 14.7. The number of halogens is 2. The summed E-state index contributed by atoms with van der Waals surface area (Å²) in [6.45, 7) is -0.331. The predicted octanol–water partition coefficient (Wildman–Crippen LogP) is -0.342. The summed E-state index contributed by atoms with van der Waals surface area (Å²) in [4.78, 5) is 39.5. The Hall–Kier alpha value is -2.70. The molecule has 0 aliphatic heterocycles. The Bertz CT molecular complexity index is 1150. The lowest BCUT2D eigenvalue weighted by Gasteiger charge is -2.32. The maximum atomic E-state index is 14.1. The van der Waals surface area contributed by atoms with E-state index in [2.05, 4.69) is 15.0 Å². The van der Waals surface area contributed by atoms with Gasteiger partial charge in [0.05, 0.1) is 12.9 Å². The van der Waals surface area contributed by atoms with Crippen molar-refractivity contribution in [2.45, 2.75) is 18.0 Å². The van der Waals surface area contributed by atoms with Crippen molar-refractivity contribution in [3.8, 4) is 0 Å². The second-order valence-corrected chi connectivity index (χ2v) is 7.56.